The summed E-state index contributed by atoms with van der Waals surface area (Å²) in [6.07, 6.45) is 4.88. The lowest BCUT2D eigenvalue weighted by Crippen LogP contribution is -2.43. The Morgan fingerprint density at radius 1 is 1.25 bits per heavy atom. The predicted molar refractivity (Wildman–Crippen MR) is 65.2 cm³/mol. The summed E-state index contributed by atoms with van der Waals surface area (Å²) in [6.45, 7) is 7.06. The van der Waals surface area contributed by atoms with Crippen molar-refractivity contribution in [2.24, 2.45) is 11.8 Å². The van der Waals surface area contributed by atoms with E-state index in [0.717, 1.165) is 24.9 Å². The molecule has 1 aliphatic heterocycles. The number of hydrogen-bond acceptors (Lipinski definition) is 2. The van der Waals surface area contributed by atoms with Crippen molar-refractivity contribution in [3.8, 4) is 0 Å². The lowest BCUT2D eigenvalue weighted by molar-refractivity contribution is -0.131. The lowest BCUT2D eigenvalue weighted by Gasteiger charge is -2.34. The maximum atomic E-state index is 11.9. The van der Waals surface area contributed by atoms with Gasteiger partial charge in [-0.2, -0.15) is 0 Å². The van der Waals surface area contributed by atoms with Gasteiger partial charge in [-0.1, -0.05) is 13.8 Å². The van der Waals surface area contributed by atoms with Crippen LogP contribution in [0.1, 0.15) is 39.5 Å². The van der Waals surface area contributed by atoms with E-state index in [1.807, 2.05) is 4.90 Å². The number of nitrogens with zero attached hydrogens (tertiary/aromatic N) is 1. The molecule has 1 saturated heterocycles. The van der Waals surface area contributed by atoms with Crippen molar-refractivity contribution >= 4 is 5.91 Å². The first-order valence-corrected chi connectivity index (χ1v) is 6.68. The van der Waals surface area contributed by atoms with Crippen LogP contribution in [0.15, 0.2) is 0 Å². The zero-order valence-electron chi connectivity index (χ0n) is 10.5. The largest absolute Gasteiger partial charge is 0.342 e. The smallest absolute Gasteiger partial charge is 0.236 e. The molecule has 0 bridgehead atoms. The maximum absolute atomic E-state index is 11.9. The Bertz CT molecular complexity index is 240. The Labute approximate surface area is 98.6 Å². The Morgan fingerprint density at radius 2 is 1.88 bits per heavy atom. The van der Waals surface area contributed by atoms with E-state index in [9.17, 15) is 4.79 Å². The molecule has 2 rings (SSSR count). The molecule has 1 heterocycles. The highest BCUT2D eigenvalue weighted by atomic mass is 16.2. The van der Waals surface area contributed by atoms with Gasteiger partial charge in [0, 0.05) is 19.1 Å². The number of piperidine rings is 1. The highest BCUT2D eigenvalue weighted by Gasteiger charge is 2.26. The molecule has 1 aliphatic carbocycles. The van der Waals surface area contributed by atoms with Crippen LogP contribution in [-0.2, 0) is 4.79 Å². The zero-order valence-corrected chi connectivity index (χ0v) is 10.5. The highest BCUT2D eigenvalue weighted by molar-refractivity contribution is 5.78. The van der Waals surface area contributed by atoms with Gasteiger partial charge in [-0.15, -0.1) is 0 Å². The maximum Gasteiger partial charge on any atom is 0.236 e. The second kappa shape index (κ2) is 5.17. The molecule has 2 aliphatic rings. The molecular weight excluding hydrogens is 200 g/mol. The summed E-state index contributed by atoms with van der Waals surface area (Å²) in [7, 11) is 0. The predicted octanol–water partition coefficient (Wildman–Crippen LogP) is 1.63. The fraction of sp³-hybridized carbons (Fsp3) is 0.923. The molecule has 0 aromatic carbocycles. The van der Waals surface area contributed by atoms with Crippen LogP contribution in [0.25, 0.3) is 0 Å². The Balaban J connectivity index is 1.68. The molecule has 0 radical (unpaired) electrons. The van der Waals surface area contributed by atoms with Crippen LogP contribution < -0.4 is 5.32 Å². The van der Waals surface area contributed by atoms with Gasteiger partial charge in [-0.3, -0.25) is 4.79 Å². The van der Waals surface area contributed by atoms with E-state index in [0.29, 0.717) is 18.5 Å². The Kier molecular flexibility index (Phi) is 3.85. The van der Waals surface area contributed by atoms with Gasteiger partial charge < -0.3 is 10.2 Å². The zero-order chi connectivity index (χ0) is 11.5. The normalized spacial score (nSPS) is 22.8. The van der Waals surface area contributed by atoms with Gasteiger partial charge in [0.2, 0.25) is 5.91 Å². The van der Waals surface area contributed by atoms with E-state index in [-0.39, 0.29) is 0 Å². The summed E-state index contributed by atoms with van der Waals surface area (Å²) in [5, 5.41) is 3.30. The number of rotatable bonds is 4. The molecule has 16 heavy (non-hydrogen) atoms. The summed E-state index contributed by atoms with van der Waals surface area (Å²) in [4.78, 5) is 13.9. The number of likely N-dealkylation sites (tertiary alicyclic amines) is 1. The third-order valence-electron chi connectivity index (χ3n) is 3.95. The average Bonchev–Trinajstić information content (AvgIpc) is 3.10. The first-order valence-electron chi connectivity index (χ1n) is 6.68. The van der Waals surface area contributed by atoms with Crippen molar-refractivity contribution in [2.45, 2.75) is 45.6 Å². The van der Waals surface area contributed by atoms with Crippen LogP contribution in [0.3, 0.4) is 0 Å². The second-order valence-electron chi connectivity index (χ2n) is 5.62. The summed E-state index contributed by atoms with van der Waals surface area (Å²) in [5.41, 5.74) is 0. The SMILES string of the molecule is CC(C)C1CCN(C(=O)CNC2CC2)CC1. The standard InChI is InChI=1S/C13H24N2O/c1-10(2)11-5-7-15(8-6-11)13(16)9-14-12-3-4-12/h10-12,14H,3-9H2,1-2H3. The summed E-state index contributed by atoms with van der Waals surface area (Å²) >= 11 is 0. The molecule has 0 unspecified atom stereocenters. The minimum Gasteiger partial charge on any atom is -0.342 e. The van der Waals surface area contributed by atoms with Crippen LogP contribution in [-0.4, -0.2) is 36.5 Å². The first-order chi connectivity index (χ1) is 7.66. The summed E-state index contributed by atoms with van der Waals surface area (Å²) in [5.74, 6) is 1.89. The molecule has 1 amide bonds. The summed E-state index contributed by atoms with van der Waals surface area (Å²) < 4.78 is 0. The fourth-order valence-electron chi connectivity index (χ4n) is 2.45. The van der Waals surface area contributed by atoms with Gasteiger partial charge in [0.05, 0.1) is 6.54 Å². The molecule has 0 spiro atoms. The highest BCUT2D eigenvalue weighted by Crippen LogP contribution is 2.24. The molecule has 3 nitrogen and oxygen atoms in total. The molecule has 1 N–H and O–H groups in total. The van der Waals surface area contributed by atoms with Gasteiger partial charge in [-0.05, 0) is 37.5 Å². The van der Waals surface area contributed by atoms with Crippen molar-refractivity contribution < 1.29 is 4.79 Å². The van der Waals surface area contributed by atoms with E-state index in [2.05, 4.69) is 19.2 Å². The number of carbonyl (C=O) groups excluding carboxylic acids is 1. The van der Waals surface area contributed by atoms with Crippen molar-refractivity contribution in [1.82, 2.24) is 10.2 Å². The van der Waals surface area contributed by atoms with Gasteiger partial charge >= 0.3 is 0 Å². The minimum absolute atomic E-state index is 0.300. The van der Waals surface area contributed by atoms with Gasteiger partial charge in [0.25, 0.3) is 0 Å². The topological polar surface area (TPSA) is 32.3 Å². The van der Waals surface area contributed by atoms with Gasteiger partial charge in [-0.25, -0.2) is 0 Å². The van der Waals surface area contributed by atoms with E-state index in [4.69, 9.17) is 0 Å². The van der Waals surface area contributed by atoms with Crippen LogP contribution in [0.5, 0.6) is 0 Å². The van der Waals surface area contributed by atoms with Crippen molar-refractivity contribution in [2.75, 3.05) is 19.6 Å². The van der Waals surface area contributed by atoms with Gasteiger partial charge in [0.15, 0.2) is 0 Å². The van der Waals surface area contributed by atoms with Crippen LogP contribution in [0.4, 0.5) is 0 Å². The third-order valence-corrected chi connectivity index (χ3v) is 3.95. The monoisotopic (exact) mass is 224 g/mol. The van der Waals surface area contributed by atoms with Crippen molar-refractivity contribution in [3.05, 3.63) is 0 Å². The van der Waals surface area contributed by atoms with E-state index in [1.54, 1.807) is 0 Å². The second-order valence-corrected chi connectivity index (χ2v) is 5.62. The van der Waals surface area contributed by atoms with Crippen molar-refractivity contribution in [3.63, 3.8) is 0 Å². The minimum atomic E-state index is 0.300. The lowest BCUT2D eigenvalue weighted by atomic mass is 9.87. The number of carbonyl (C=O) groups is 1. The fourth-order valence-corrected chi connectivity index (χ4v) is 2.45. The van der Waals surface area contributed by atoms with Crippen LogP contribution in [0, 0.1) is 11.8 Å². The molecule has 2 fully saturated rings. The quantitative estimate of drug-likeness (QED) is 0.787. The summed E-state index contributed by atoms with van der Waals surface area (Å²) in [6, 6.07) is 0.636. The van der Waals surface area contributed by atoms with Crippen LogP contribution >= 0.6 is 0 Å². The first kappa shape index (κ1) is 11.9. The average molecular weight is 224 g/mol. The Hall–Kier alpha value is -0.570. The van der Waals surface area contributed by atoms with Gasteiger partial charge in [0.1, 0.15) is 0 Å². The van der Waals surface area contributed by atoms with E-state index < -0.39 is 0 Å². The molecular formula is C13H24N2O. The molecule has 0 aromatic rings. The van der Waals surface area contributed by atoms with E-state index >= 15 is 0 Å². The molecule has 92 valence electrons. The van der Waals surface area contributed by atoms with Crippen LogP contribution in [0.2, 0.25) is 0 Å². The van der Waals surface area contributed by atoms with E-state index in [1.165, 1.54) is 25.7 Å². The number of amides is 1. The number of hydrogen-bond donors (Lipinski definition) is 1. The molecule has 0 aromatic heterocycles. The Morgan fingerprint density at radius 3 is 2.38 bits per heavy atom. The molecule has 1 saturated carbocycles. The third kappa shape index (κ3) is 3.21. The number of nitrogens with one attached hydrogen (secondary N) is 1. The van der Waals surface area contributed by atoms with Crippen molar-refractivity contribution in [1.29, 1.82) is 0 Å². The molecule has 3 heteroatoms. The molecule has 0 atom stereocenters.